The molecule has 3 rings (SSSR count). The summed E-state index contributed by atoms with van der Waals surface area (Å²) >= 11 is 0. The fourth-order valence-electron chi connectivity index (χ4n) is 2.62. The fourth-order valence-corrected chi connectivity index (χ4v) is 2.62. The summed E-state index contributed by atoms with van der Waals surface area (Å²) in [6.07, 6.45) is 5.54. The normalized spacial score (nSPS) is 11.8. The molecule has 0 aliphatic rings. The van der Waals surface area contributed by atoms with Gasteiger partial charge in [-0.05, 0) is 42.3 Å². The standard InChI is InChI=1S/C20H18FN3O/c1-14(10-19-13-22-8-9-23-19)24-20(25)17-6-2-4-15(11-17)16-5-3-7-18(21)12-16/h2-9,11-14H,10H2,1H3,(H,24,25). The van der Waals surface area contributed by atoms with Gasteiger partial charge in [-0.1, -0.05) is 24.3 Å². The second-order valence-corrected chi connectivity index (χ2v) is 5.87. The first-order valence-corrected chi connectivity index (χ1v) is 8.03. The quantitative estimate of drug-likeness (QED) is 0.774. The molecule has 25 heavy (non-hydrogen) atoms. The number of carbonyl (C=O) groups is 1. The number of carbonyl (C=O) groups excluding carboxylic acids is 1. The van der Waals surface area contributed by atoms with Crippen molar-refractivity contribution in [2.45, 2.75) is 19.4 Å². The lowest BCUT2D eigenvalue weighted by molar-refractivity contribution is 0.0940. The molecule has 5 heteroatoms. The second-order valence-electron chi connectivity index (χ2n) is 5.87. The van der Waals surface area contributed by atoms with E-state index in [0.29, 0.717) is 12.0 Å². The van der Waals surface area contributed by atoms with Crippen LogP contribution in [0.3, 0.4) is 0 Å². The van der Waals surface area contributed by atoms with Crippen molar-refractivity contribution >= 4 is 5.91 Å². The average molecular weight is 335 g/mol. The van der Waals surface area contributed by atoms with Crippen molar-refractivity contribution in [1.29, 1.82) is 0 Å². The number of hydrogen-bond donors (Lipinski definition) is 1. The number of rotatable bonds is 5. The largest absolute Gasteiger partial charge is 0.349 e. The summed E-state index contributed by atoms with van der Waals surface area (Å²) in [6, 6.07) is 13.4. The van der Waals surface area contributed by atoms with Crippen LogP contribution >= 0.6 is 0 Å². The number of amides is 1. The molecular weight excluding hydrogens is 317 g/mol. The van der Waals surface area contributed by atoms with Gasteiger partial charge >= 0.3 is 0 Å². The molecule has 3 aromatic rings. The van der Waals surface area contributed by atoms with Crippen molar-refractivity contribution in [3.63, 3.8) is 0 Å². The topological polar surface area (TPSA) is 54.9 Å². The van der Waals surface area contributed by atoms with Gasteiger partial charge in [0, 0.05) is 36.6 Å². The Morgan fingerprint density at radius 1 is 1.12 bits per heavy atom. The van der Waals surface area contributed by atoms with Gasteiger partial charge in [0.25, 0.3) is 5.91 Å². The van der Waals surface area contributed by atoms with Crippen LogP contribution < -0.4 is 5.32 Å². The monoisotopic (exact) mass is 335 g/mol. The SMILES string of the molecule is CC(Cc1cnccn1)NC(=O)c1cccc(-c2cccc(F)c2)c1. The Morgan fingerprint density at radius 3 is 2.60 bits per heavy atom. The third kappa shape index (κ3) is 4.47. The maximum absolute atomic E-state index is 13.4. The predicted molar refractivity (Wildman–Crippen MR) is 94.5 cm³/mol. The van der Waals surface area contributed by atoms with Crippen molar-refractivity contribution in [3.8, 4) is 11.1 Å². The molecule has 1 amide bonds. The highest BCUT2D eigenvalue weighted by Crippen LogP contribution is 2.21. The van der Waals surface area contributed by atoms with Gasteiger partial charge in [-0.15, -0.1) is 0 Å². The lowest BCUT2D eigenvalue weighted by Gasteiger charge is -2.14. The van der Waals surface area contributed by atoms with Crippen LogP contribution in [0.5, 0.6) is 0 Å². The zero-order valence-corrected chi connectivity index (χ0v) is 13.8. The minimum Gasteiger partial charge on any atom is -0.349 e. The van der Waals surface area contributed by atoms with Crippen LogP contribution in [0.1, 0.15) is 23.0 Å². The molecule has 0 saturated carbocycles. The molecule has 2 aromatic carbocycles. The van der Waals surface area contributed by atoms with Crippen molar-refractivity contribution in [1.82, 2.24) is 15.3 Å². The smallest absolute Gasteiger partial charge is 0.251 e. The molecule has 1 atom stereocenters. The average Bonchev–Trinajstić information content (AvgIpc) is 2.62. The van der Waals surface area contributed by atoms with E-state index in [2.05, 4.69) is 15.3 Å². The van der Waals surface area contributed by atoms with Gasteiger partial charge in [0.05, 0.1) is 5.69 Å². The van der Waals surface area contributed by atoms with E-state index in [4.69, 9.17) is 0 Å². The van der Waals surface area contributed by atoms with Crippen LogP contribution in [0.25, 0.3) is 11.1 Å². The summed E-state index contributed by atoms with van der Waals surface area (Å²) in [6.45, 7) is 1.92. The van der Waals surface area contributed by atoms with E-state index in [0.717, 1.165) is 16.8 Å². The Bertz CT molecular complexity index is 868. The summed E-state index contributed by atoms with van der Waals surface area (Å²) < 4.78 is 13.4. The maximum atomic E-state index is 13.4. The van der Waals surface area contributed by atoms with Crippen LogP contribution in [-0.2, 0) is 6.42 Å². The fraction of sp³-hybridized carbons (Fsp3) is 0.150. The molecule has 1 N–H and O–H groups in total. The first-order valence-electron chi connectivity index (χ1n) is 8.03. The van der Waals surface area contributed by atoms with E-state index in [-0.39, 0.29) is 17.8 Å². The number of halogens is 1. The van der Waals surface area contributed by atoms with Crippen LogP contribution in [-0.4, -0.2) is 21.9 Å². The molecule has 0 saturated heterocycles. The lowest BCUT2D eigenvalue weighted by Crippen LogP contribution is -2.34. The summed E-state index contributed by atoms with van der Waals surface area (Å²) in [7, 11) is 0. The molecular formula is C20H18FN3O. The minimum absolute atomic E-state index is 0.0815. The highest BCUT2D eigenvalue weighted by atomic mass is 19.1. The summed E-state index contributed by atoms with van der Waals surface area (Å²) in [4.78, 5) is 20.7. The zero-order valence-electron chi connectivity index (χ0n) is 13.8. The van der Waals surface area contributed by atoms with Crippen molar-refractivity contribution in [3.05, 3.63) is 84.2 Å². The predicted octanol–water partition coefficient (Wildman–Crippen LogP) is 3.64. The number of nitrogens with one attached hydrogen (secondary N) is 1. The molecule has 0 aliphatic carbocycles. The van der Waals surface area contributed by atoms with Gasteiger partial charge in [0.2, 0.25) is 0 Å². The zero-order chi connectivity index (χ0) is 17.6. The van der Waals surface area contributed by atoms with Gasteiger partial charge in [0.1, 0.15) is 5.82 Å². The van der Waals surface area contributed by atoms with Crippen LogP contribution in [0.15, 0.2) is 67.1 Å². The Kier molecular flexibility index (Phi) is 5.14. The van der Waals surface area contributed by atoms with Crippen LogP contribution in [0.4, 0.5) is 4.39 Å². The third-order valence-electron chi connectivity index (χ3n) is 3.79. The van der Waals surface area contributed by atoms with Crippen molar-refractivity contribution < 1.29 is 9.18 Å². The maximum Gasteiger partial charge on any atom is 0.251 e. The summed E-state index contributed by atoms with van der Waals surface area (Å²) in [5.74, 6) is -0.473. The van der Waals surface area contributed by atoms with Crippen LogP contribution in [0.2, 0.25) is 0 Å². The van der Waals surface area contributed by atoms with E-state index in [1.54, 1.807) is 42.9 Å². The van der Waals surface area contributed by atoms with E-state index >= 15 is 0 Å². The van der Waals surface area contributed by atoms with Gasteiger partial charge in [-0.3, -0.25) is 14.8 Å². The first-order chi connectivity index (χ1) is 12.1. The Labute approximate surface area is 145 Å². The molecule has 1 aromatic heterocycles. The number of nitrogens with zero attached hydrogens (tertiary/aromatic N) is 2. The van der Waals surface area contributed by atoms with E-state index in [1.807, 2.05) is 19.1 Å². The van der Waals surface area contributed by atoms with Crippen molar-refractivity contribution in [2.75, 3.05) is 0 Å². The summed E-state index contributed by atoms with van der Waals surface area (Å²) in [5, 5.41) is 2.95. The molecule has 1 unspecified atom stereocenters. The second kappa shape index (κ2) is 7.66. The minimum atomic E-state index is -0.301. The lowest BCUT2D eigenvalue weighted by atomic mass is 10.0. The molecule has 0 spiro atoms. The highest BCUT2D eigenvalue weighted by molar-refractivity contribution is 5.95. The Balaban J connectivity index is 1.71. The molecule has 1 heterocycles. The number of aromatic nitrogens is 2. The first kappa shape index (κ1) is 16.8. The van der Waals surface area contributed by atoms with Gasteiger partial charge in [-0.25, -0.2) is 4.39 Å². The Morgan fingerprint density at radius 2 is 1.88 bits per heavy atom. The third-order valence-corrected chi connectivity index (χ3v) is 3.79. The van der Waals surface area contributed by atoms with E-state index in [9.17, 15) is 9.18 Å². The highest BCUT2D eigenvalue weighted by Gasteiger charge is 2.12. The van der Waals surface area contributed by atoms with E-state index < -0.39 is 0 Å². The molecule has 0 aliphatic heterocycles. The molecule has 0 radical (unpaired) electrons. The Hall–Kier alpha value is -3.08. The molecule has 0 bridgehead atoms. The molecule has 4 nitrogen and oxygen atoms in total. The number of benzene rings is 2. The van der Waals surface area contributed by atoms with Crippen LogP contribution in [0, 0.1) is 5.82 Å². The van der Waals surface area contributed by atoms with Gasteiger partial charge in [-0.2, -0.15) is 0 Å². The van der Waals surface area contributed by atoms with Gasteiger partial charge < -0.3 is 5.32 Å². The van der Waals surface area contributed by atoms with Gasteiger partial charge in [0.15, 0.2) is 0 Å². The molecule has 0 fully saturated rings. The van der Waals surface area contributed by atoms with Crippen molar-refractivity contribution in [2.24, 2.45) is 0 Å². The number of hydrogen-bond acceptors (Lipinski definition) is 3. The molecule has 126 valence electrons. The van der Waals surface area contributed by atoms with E-state index in [1.165, 1.54) is 12.1 Å². The summed E-state index contributed by atoms with van der Waals surface area (Å²) in [5.41, 5.74) is 2.90.